The zero-order chi connectivity index (χ0) is 17.6. The number of anilines is 1. The lowest BCUT2D eigenvalue weighted by Gasteiger charge is -2.11. The molecule has 136 valence electrons. The van der Waals surface area contributed by atoms with Gasteiger partial charge in [-0.05, 0) is 18.6 Å². The number of unbranched alkanes of at least 4 members (excludes halogenated alkanes) is 8. The minimum Gasteiger partial charge on any atom is -0.497 e. The van der Waals surface area contributed by atoms with Crippen molar-refractivity contribution in [3.63, 3.8) is 0 Å². The summed E-state index contributed by atoms with van der Waals surface area (Å²) in [5.41, 5.74) is 0.694. The fourth-order valence-electron chi connectivity index (χ4n) is 2.71. The summed E-state index contributed by atoms with van der Waals surface area (Å²) in [6.45, 7) is 2.24. The number of hydrogen-bond acceptors (Lipinski definition) is 3. The number of nitrogens with one attached hydrogen (secondary N) is 1. The summed E-state index contributed by atoms with van der Waals surface area (Å²) in [6.07, 6.45) is 11.8. The van der Waals surface area contributed by atoms with E-state index in [0.29, 0.717) is 23.6 Å². The summed E-state index contributed by atoms with van der Waals surface area (Å²) in [5, 5.41) is 2.92. The molecule has 24 heavy (non-hydrogen) atoms. The van der Waals surface area contributed by atoms with Crippen LogP contribution in [0.15, 0.2) is 18.2 Å². The van der Waals surface area contributed by atoms with Crippen LogP contribution in [0.25, 0.3) is 0 Å². The van der Waals surface area contributed by atoms with E-state index in [1.807, 2.05) is 12.1 Å². The molecule has 1 aromatic rings. The molecule has 0 saturated heterocycles. The van der Waals surface area contributed by atoms with E-state index in [-0.39, 0.29) is 5.91 Å². The third kappa shape index (κ3) is 8.23. The van der Waals surface area contributed by atoms with Gasteiger partial charge >= 0.3 is 0 Å². The first kappa shape index (κ1) is 20.3. The Balaban J connectivity index is 2.18. The van der Waals surface area contributed by atoms with Crippen LogP contribution in [-0.4, -0.2) is 20.1 Å². The molecule has 4 nitrogen and oxygen atoms in total. The van der Waals surface area contributed by atoms with Gasteiger partial charge in [0, 0.05) is 12.5 Å². The summed E-state index contributed by atoms with van der Waals surface area (Å²) < 4.78 is 10.4. The van der Waals surface area contributed by atoms with Gasteiger partial charge in [-0.2, -0.15) is 0 Å². The minimum absolute atomic E-state index is 0.0430. The van der Waals surface area contributed by atoms with E-state index in [9.17, 15) is 4.79 Å². The molecule has 0 aliphatic carbocycles. The van der Waals surface area contributed by atoms with Crippen LogP contribution in [0, 0.1) is 0 Å². The van der Waals surface area contributed by atoms with Gasteiger partial charge < -0.3 is 14.8 Å². The van der Waals surface area contributed by atoms with Gasteiger partial charge in [-0.1, -0.05) is 58.3 Å². The smallest absolute Gasteiger partial charge is 0.224 e. The molecule has 0 spiro atoms. The number of benzene rings is 1. The zero-order valence-electron chi connectivity index (χ0n) is 15.5. The van der Waals surface area contributed by atoms with Crippen LogP contribution >= 0.6 is 0 Å². The highest BCUT2D eigenvalue weighted by Gasteiger charge is 2.08. The van der Waals surface area contributed by atoms with Gasteiger partial charge in [0.25, 0.3) is 0 Å². The van der Waals surface area contributed by atoms with E-state index < -0.39 is 0 Å². The largest absolute Gasteiger partial charge is 0.497 e. The maximum atomic E-state index is 12.0. The first-order valence-electron chi connectivity index (χ1n) is 9.23. The predicted molar refractivity (Wildman–Crippen MR) is 100 cm³/mol. The summed E-state index contributed by atoms with van der Waals surface area (Å²) in [7, 11) is 3.20. The molecule has 0 aliphatic rings. The van der Waals surface area contributed by atoms with Crippen LogP contribution in [0.3, 0.4) is 0 Å². The van der Waals surface area contributed by atoms with Crippen molar-refractivity contribution >= 4 is 11.6 Å². The fraction of sp³-hybridized carbons (Fsp3) is 0.650. The number of hydrogen-bond donors (Lipinski definition) is 1. The fourth-order valence-corrected chi connectivity index (χ4v) is 2.71. The topological polar surface area (TPSA) is 47.6 Å². The van der Waals surface area contributed by atoms with E-state index in [2.05, 4.69) is 12.2 Å². The highest BCUT2D eigenvalue weighted by Crippen LogP contribution is 2.29. The SMILES string of the molecule is CCCCCCCCCCCC(=O)Nc1ccc(OC)cc1OC. The number of amides is 1. The van der Waals surface area contributed by atoms with Gasteiger partial charge in [-0.3, -0.25) is 4.79 Å². The molecule has 1 rings (SSSR count). The maximum absolute atomic E-state index is 12.0. The van der Waals surface area contributed by atoms with Crippen molar-refractivity contribution < 1.29 is 14.3 Å². The van der Waals surface area contributed by atoms with Crippen LogP contribution in [-0.2, 0) is 4.79 Å². The molecule has 0 radical (unpaired) electrons. The second-order valence-electron chi connectivity index (χ2n) is 6.19. The van der Waals surface area contributed by atoms with E-state index >= 15 is 0 Å². The molecule has 0 aromatic heterocycles. The van der Waals surface area contributed by atoms with Crippen LogP contribution < -0.4 is 14.8 Å². The quantitative estimate of drug-likeness (QED) is 0.480. The van der Waals surface area contributed by atoms with Crippen LogP contribution in [0.1, 0.15) is 71.1 Å². The Bertz CT molecular complexity index is 474. The first-order chi connectivity index (χ1) is 11.7. The van der Waals surface area contributed by atoms with Gasteiger partial charge in [0.15, 0.2) is 0 Å². The molecule has 0 fully saturated rings. The van der Waals surface area contributed by atoms with Crippen molar-refractivity contribution in [2.45, 2.75) is 71.1 Å². The molecular formula is C20H33NO3. The maximum Gasteiger partial charge on any atom is 0.224 e. The second kappa shape index (κ2) is 12.7. The van der Waals surface area contributed by atoms with Gasteiger partial charge in [0.05, 0.1) is 19.9 Å². The van der Waals surface area contributed by atoms with E-state index in [1.165, 1.54) is 44.9 Å². The number of ether oxygens (including phenoxy) is 2. The first-order valence-corrected chi connectivity index (χ1v) is 9.23. The summed E-state index contributed by atoms with van der Waals surface area (Å²) in [6, 6.07) is 5.40. The van der Waals surface area contributed by atoms with Crippen molar-refractivity contribution in [1.29, 1.82) is 0 Å². The van der Waals surface area contributed by atoms with Crippen LogP contribution in [0.5, 0.6) is 11.5 Å². The highest BCUT2D eigenvalue weighted by atomic mass is 16.5. The van der Waals surface area contributed by atoms with Gasteiger partial charge in [0.1, 0.15) is 11.5 Å². The summed E-state index contributed by atoms with van der Waals surface area (Å²) >= 11 is 0. The van der Waals surface area contributed by atoms with Gasteiger partial charge in [-0.15, -0.1) is 0 Å². The van der Waals surface area contributed by atoms with Crippen molar-refractivity contribution in [1.82, 2.24) is 0 Å². The van der Waals surface area contributed by atoms with Crippen molar-refractivity contribution in [3.05, 3.63) is 18.2 Å². The molecule has 0 aliphatic heterocycles. The number of carbonyl (C=O) groups excluding carboxylic acids is 1. The lowest BCUT2D eigenvalue weighted by atomic mass is 10.1. The van der Waals surface area contributed by atoms with E-state index in [0.717, 1.165) is 12.8 Å². The summed E-state index contributed by atoms with van der Waals surface area (Å²) in [5.74, 6) is 1.37. The highest BCUT2D eigenvalue weighted by molar-refractivity contribution is 5.92. The van der Waals surface area contributed by atoms with Crippen molar-refractivity contribution in [2.75, 3.05) is 19.5 Å². The van der Waals surface area contributed by atoms with Gasteiger partial charge in [0.2, 0.25) is 5.91 Å². The molecule has 1 amide bonds. The Morgan fingerprint density at radius 3 is 2.12 bits per heavy atom. The monoisotopic (exact) mass is 335 g/mol. The number of carbonyl (C=O) groups is 1. The molecule has 0 atom stereocenters. The normalized spacial score (nSPS) is 10.5. The number of rotatable bonds is 13. The van der Waals surface area contributed by atoms with E-state index in [4.69, 9.17) is 9.47 Å². The molecule has 1 N–H and O–H groups in total. The van der Waals surface area contributed by atoms with Crippen LogP contribution in [0.4, 0.5) is 5.69 Å². The Hall–Kier alpha value is -1.71. The van der Waals surface area contributed by atoms with E-state index in [1.54, 1.807) is 20.3 Å². The molecular weight excluding hydrogens is 302 g/mol. The van der Waals surface area contributed by atoms with Gasteiger partial charge in [-0.25, -0.2) is 0 Å². The second-order valence-corrected chi connectivity index (χ2v) is 6.19. The molecule has 0 unspecified atom stereocenters. The lowest BCUT2D eigenvalue weighted by Crippen LogP contribution is -2.12. The molecule has 0 heterocycles. The Kier molecular flexibility index (Phi) is 10.7. The van der Waals surface area contributed by atoms with Crippen molar-refractivity contribution in [2.24, 2.45) is 0 Å². The van der Waals surface area contributed by atoms with Crippen LogP contribution in [0.2, 0.25) is 0 Å². The Labute approximate surface area is 146 Å². The average Bonchev–Trinajstić information content (AvgIpc) is 2.60. The Morgan fingerprint density at radius 1 is 0.917 bits per heavy atom. The standard InChI is InChI=1S/C20H33NO3/c1-4-5-6-7-8-9-10-11-12-13-20(22)21-18-15-14-17(23-2)16-19(18)24-3/h14-16H,4-13H2,1-3H3,(H,21,22). The van der Waals surface area contributed by atoms with Crippen molar-refractivity contribution in [3.8, 4) is 11.5 Å². The minimum atomic E-state index is 0.0430. The molecule has 0 saturated carbocycles. The Morgan fingerprint density at radius 2 is 1.54 bits per heavy atom. The number of methoxy groups -OCH3 is 2. The lowest BCUT2D eigenvalue weighted by molar-refractivity contribution is -0.116. The third-order valence-corrected chi connectivity index (χ3v) is 4.19. The molecule has 0 bridgehead atoms. The predicted octanol–water partition coefficient (Wildman–Crippen LogP) is 5.56. The zero-order valence-corrected chi connectivity index (χ0v) is 15.5. The summed E-state index contributed by atoms with van der Waals surface area (Å²) in [4.78, 5) is 12.0. The molecule has 1 aromatic carbocycles. The molecule has 4 heteroatoms. The third-order valence-electron chi connectivity index (χ3n) is 4.19. The average molecular weight is 335 g/mol.